The van der Waals surface area contributed by atoms with Crippen molar-refractivity contribution in [2.75, 3.05) is 0 Å². The standard InChI is InChI=1S/C22H36OSi/c1-5-24(6-2,7-3)21(17-19-14-9-8-10-15-19)22(23)20-16-12-11-13-18(20)4/h11-13,16-17,19,22-23H,5-10,14-15H2,1-4H3/b21-17-. The zero-order chi connectivity index (χ0) is 17.6. The van der Waals surface area contributed by atoms with Gasteiger partial charge < -0.3 is 5.11 Å². The van der Waals surface area contributed by atoms with E-state index >= 15 is 0 Å². The molecule has 24 heavy (non-hydrogen) atoms. The number of hydrogen-bond donors (Lipinski definition) is 1. The average Bonchev–Trinajstić information content (AvgIpc) is 2.63. The quantitative estimate of drug-likeness (QED) is 0.554. The Morgan fingerprint density at radius 2 is 1.67 bits per heavy atom. The van der Waals surface area contributed by atoms with Gasteiger partial charge in [0.05, 0.1) is 14.2 Å². The van der Waals surface area contributed by atoms with Crippen molar-refractivity contribution in [1.29, 1.82) is 0 Å². The molecule has 1 nitrogen and oxygen atoms in total. The Hall–Kier alpha value is -0.863. The van der Waals surface area contributed by atoms with Gasteiger partial charge in [-0.1, -0.05) is 93.7 Å². The first-order chi connectivity index (χ1) is 11.6. The molecule has 1 aliphatic rings. The third kappa shape index (κ3) is 4.21. The molecule has 0 bridgehead atoms. The second-order valence-electron chi connectivity index (χ2n) is 7.62. The normalized spacial score (nSPS) is 18.6. The molecule has 1 fully saturated rings. The third-order valence-corrected chi connectivity index (χ3v) is 12.2. The van der Waals surface area contributed by atoms with Gasteiger partial charge in [0, 0.05) is 0 Å². The van der Waals surface area contributed by atoms with Gasteiger partial charge in [-0.3, -0.25) is 0 Å². The second kappa shape index (κ2) is 9.01. The van der Waals surface area contributed by atoms with Crippen LogP contribution in [0, 0.1) is 12.8 Å². The molecule has 2 heteroatoms. The third-order valence-electron chi connectivity index (χ3n) is 6.49. The highest BCUT2D eigenvalue weighted by atomic mass is 28.3. The smallest absolute Gasteiger partial charge is 0.0969 e. The number of rotatable bonds is 7. The Morgan fingerprint density at radius 3 is 2.21 bits per heavy atom. The molecule has 0 spiro atoms. The van der Waals surface area contributed by atoms with Gasteiger partial charge in [-0.2, -0.15) is 0 Å². The molecule has 0 amide bonds. The maximum Gasteiger partial charge on any atom is 0.0969 e. The summed E-state index contributed by atoms with van der Waals surface area (Å²) in [5, 5.41) is 12.8. The summed E-state index contributed by atoms with van der Waals surface area (Å²) in [5.41, 5.74) is 2.33. The molecular formula is C22H36OSi. The molecular weight excluding hydrogens is 308 g/mol. The van der Waals surface area contributed by atoms with Crippen LogP contribution in [-0.2, 0) is 0 Å². The fraction of sp³-hybridized carbons (Fsp3) is 0.636. The minimum absolute atomic E-state index is 0.403. The summed E-state index contributed by atoms with van der Waals surface area (Å²) in [4.78, 5) is 0. The zero-order valence-corrected chi connectivity index (χ0v) is 17.1. The Morgan fingerprint density at radius 1 is 1.08 bits per heavy atom. The molecule has 134 valence electrons. The largest absolute Gasteiger partial charge is 0.384 e. The van der Waals surface area contributed by atoms with Crippen molar-refractivity contribution < 1.29 is 5.11 Å². The summed E-state index contributed by atoms with van der Waals surface area (Å²) in [6.45, 7) is 9.17. The van der Waals surface area contributed by atoms with Crippen LogP contribution >= 0.6 is 0 Å². The van der Waals surface area contributed by atoms with Gasteiger partial charge in [0.25, 0.3) is 0 Å². The average molecular weight is 345 g/mol. The topological polar surface area (TPSA) is 20.2 Å². The first-order valence-corrected chi connectivity index (χ1v) is 12.7. The van der Waals surface area contributed by atoms with E-state index in [2.05, 4.69) is 58.0 Å². The van der Waals surface area contributed by atoms with E-state index in [1.807, 2.05) is 0 Å². The van der Waals surface area contributed by atoms with E-state index in [-0.39, 0.29) is 0 Å². The number of aliphatic hydroxyl groups is 1. The van der Waals surface area contributed by atoms with Gasteiger partial charge in [0.15, 0.2) is 0 Å². The number of allylic oxidation sites excluding steroid dienone is 1. The van der Waals surface area contributed by atoms with Crippen molar-refractivity contribution in [1.82, 2.24) is 0 Å². The summed E-state index contributed by atoms with van der Waals surface area (Å²) in [6.07, 6.45) is 8.86. The van der Waals surface area contributed by atoms with Crippen LogP contribution in [0.25, 0.3) is 0 Å². The molecule has 1 unspecified atom stereocenters. The van der Waals surface area contributed by atoms with Gasteiger partial charge in [-0.05, 0) is 36.8 Å². The SMILES string of the molecule is CC[Si](CC)(CC)/C(=C\C1CCCCC1)C(O)c1ccccc1C. The van der Waals surface area contributed by atoms with Crippen LogP contribution in [-0.4, -0.2) is 13.2 Å². The van der Waals surface area contributed by atoms with E-state index in [1.165, 1.54) is 61.0 Å². The molecule has 0 heterocycles. The van der Waals surface area contributed by atoms with Crippen molar-refractivity contribution in [3.8, 4) is 0 Å². The van der Waals surface area contributed by atoms with Gasteiger partial charge in [-0.25, -0.2) is 0 Å². The lowest BCUT2D eigenvalue weighted by Gasteiger charge is -2.36. The first kappa shape index (κ1) is 19.5. The monoisotopic (exact) mass is 344 g/mol. The van der Waals surface area contributed by atoms with Gasteiger partial charge in [0.2, 0.25) is 0 Å². The van der Waals surface area contributed by atoms with E-state index in [0.717, 1.165) is 5.56 Å². The fourth-order valence-corrected chi connectivity index (χ4v) is 8.59. The second-order valence-corrected chi connectivity index (χ2v) is 12.9. The minimum atomic E-state index is -1.59. The van der Waals surface area contributed by atoms with Crippen LogP contribution in [0.3, 0.4) is 0 Å². The molecule has 1 aromatic rings. The van der Waals surface area contributed by atoms with Gasteiger partial charge >= 0.3 is 0 Å². The molecule has 0 aromatic heterocycles. The van der Waals surface area contributed by atoms with Crippen molar-refractivity contribution in [2.24, 2.45) is 5.92 Å². The van der Waals surface area contributed by atoms with E-state index in [9.17, 15) is 5.11 Å². The van der Waals surface area contributed by atoms with E-state index < -0.39 is 14.2 Å². The van der Waals surface area contributed by atoms with Crippen molar-refractivity contribution in [3.05, 3.63) is 46.7 Å². The van der Waals surface area contributed by atoms with Crippen LogP contribution in [0.4, 0.5) is 0 Å². The predicted octanol–water partition coefficient (Wildman–Crippen LogP) is 6.58. The first-order valence-electron chi connectivity index (χ1n) is 10.0. The highest BCUT2D eigenvalue weighted by Gasteiger charge is 2.36. The van der Waals surface area contributed by atoms with E-state index in [0.29, 0.717) is 5.92 Å². The highest BCUT2D eigenvalue weighted by Crippen LogP contribution is 2.40. The number of aryl methyl sites for hydroxylation is 1. The molecule has 1 saturated carbocycles. The summed E-state index contributed by atoms with van der Waals surface area (Å²) in [7, 11) is -1.59. The maximum atomic E-state index is 11.4. The molecule has 0 aliphatic heterocycles. The van der Waals surface area contributed by atoms with Gasteiger partial charge in [-0.15, -0.1) is 0 Å². The van der Waals surface area contributed by atoms with E-state index in [4.69, 9.17) is 0 Å². The molecule has 1 N–H and O–H groups in total. The summed E-state index contributed by atoms with van der Waals surface area (Å²) < 4.78 is 0. The number of aliphatic hydroxyl groups excluding tert-OH is 1. The summed E-state index contributed by atoms with van der Waals surface area (Å²) >= 11 is 0. The Labute approximate surface area is 150 Å². The molecule has 1 aromatic carbocycles. The van der Waals surface area contributed by atoms with Crippen LogP contribution in [0.1, 0.15) is 70.1 Å². The lowest BCUT2D eigenvalue weighted by Crippen LogP contribution is -2.38. The maximum absolute atomic E-state index is 11.4. The van der Waals surface area contributed by atoms with Crippen molar-refractivity contribution >= 4 is 8.07 Å². The van der Waals surface area contributed by atoms with Crippen LogP contribution in [0.15, 0.2) is 35.5 Å². The Bertz CT molecular complexity index is 530. The summed E-state index contributed by atoms with van der Waals surface area (Å²) in [6, 6.07) is 12.1. The van der Waals surface area contributed by atoms with Crippen LogP contribution in [0.5, 0.6) is 0 Å². The highest BCUT2D eigenvalue weighted by molar-refractivity contribution is 6.86. The zero-order valence-electron chi connectivity index (χ0n) is 16.1. The fourth-order valence-electron chi connectivity index (χ4n) is 4.54. The molecule has 0 saturated heterocycles. The van der Waals surface area contributed by atoms with E-state index in [1.54, 1.807) is 0 Å². The number of benzene rings is 1. The van der Waals surface area contributed by atoms with Gasteiger partial charge in [0.1, 0.15) is 0 Å². The molecule has 0 radical (unpaired) electrons. The molecule has 2 rings (SSSR count). The van der Waals surface area contributed by atoms with Crippen molar-refractivity contribution in [3.63, 3.8) is 0 Å². The number of hydrogen-bond acceptors (Lipinski definition) is 1. The van der Waals surface area contributed by atoms with Crippen LogP contribution in [0.2, 0.25) is 18.1 Å². The van der Waals surface area contributed by atoms with Crippen molar-refractivity contribution in [2.45, 2.75) is 84.0 Å². The molecule has 1 atom stereocenters. The Kier molecular flexibility index (Phi) is 7.30. The predicted molar refractivity (Wildman–Crippen MR) is 108 cm³/mol. The lowest BCUT2D eigenvalue weighted by molar-refractivity contribution is 0.219. The molecule has 1 aliphatic carbocycles. The minimum Gasteiger partial charge on any atom is -0.384 e. The Balaban J connectivity index is 2.45. The lowest BCUT2D eigenvalue weighted by atomic mass is 9.88. The summed E-state index contributed by atoms with van der Waals surface area (Å²) in [5.74, 6) is 0.684. The van der Waals surface area contributed by atoms with Crippen LogP contribution < -0.4 is 0 Å².